The summed E-state index contributed by atoms with van der Waals surface area (Å²) >= 11 is 6.15. The van der Waals surface area contributed by atoms with Crippen LogP contribution >= 0.6 is 11.6 Å². The van der Waals surface area contributed by atoms with Gasteiger partial charge in [-0.25, -0.2) is 9.59 Å². The van der Waals surface area contributed by atoms with Gasteiger partial charge in [-0.2, -0.15) is 5.26 Å². The molecule has 1 aliphatic rings. The van der Waals surface area contributed by atoms with Crippen molar-refractivity contribution in [2.24, 2.45) is 5.92 Å². The number of rotatable bonds is 2. The first-order valence-corrected chi connectivity index (χ1v) is 6.63. The summed E-state index contributed by atoms with van der Waals surface area (Å²) in [6.07, 6.45) is 1.48. The van der Waals surface area contributed by atoms with E-state index >= 15 is 0 Å². The maximum atomic E-state index is 11.2. The summed E-state index contributed by atoms with van der Waals surface area (Å²) in [6, 6.07) is 9.16. The van der Waals surface area contributed by atoms with Crippen LogP contribution in [-0.4, -0.2) is 16.8 Å². The highest BCUT2D eigenvalue weighted by atomic mass is 35.5. The van der Waals surface area contributed by atoms with Crippen molar-refractivity contribution in [3.8, 4) is 6.07 Å². The van der Waals surface area contributed by atoms with Crippen molar-refractivity contribution < 1.29 is 9.59 Å². The van der Waals surface area contributed by atoms with Gasteiger partial charge in [0.25, 0.3) is 0 Å². The molecule has 0 bridgehead atoms. The van der Waals surface area contributed by atoms with Gasteiger partial charge in [-0.1, -0.05) is 36.7 Å². The summed E-state index contributed by atoms with van der Waals surface area (Å²) < 4.78 is 0. The molecule has 5 heteroatoms. The quantitative estimate of drug-likeness (QED) is 0.622. The molecule has 0 aliphatic carbocycles. The summed E-state index contributed by atoms with van der Waals surface area (Å²) in [5.41, 5.74) is 1.82. The topological polar surface area (TPSA) is 61.2 Å². The second-order valence-electron chi connectivity index (χ2n) is 4.59. The third-order valence-electron chi connectivity index (χ3n) is 3.39. The third kappa shape index (κ3) is 2.81. The van der Waals surface area contributed by atoms with E-state index in [0.29, 0.717) is 11.1 Å². The second-order valence-corrected chi connectivity index (χ2v) is 4.98. The molecular weight excluding hydrogens is 288 g/mol. The van der Waals surface area contributed by atoms with E-state index in [-0.39, 0.29) is 17.4 Å². The zero-order chi connectivity index (χ0) is 15.4. The molecule has 0 N–H and O–H groups in total. The van der Waals surface area contributed by atoms with Crippen LogP contribution < -0.4 is 0 Å². The summed E-state index contributed by atoms with van der Waals surface area (Å²) in [7, 11) is 0. The van der Waals surface area contributed by atoms with Crippen LogP contribution in [0.25, 0.3) is 0 Å². The fourth-order valence-corrected chi connectivity index (χ4v) is 2.46. The van der Waals surface area contributed by atoms with Crippen LogP contribution in [0.5, 0.6) is 0 Å². The Morgan fingerprint density at radius 1 is 1.29 bits per heavy atom. The molecule has 0 spiro atoms. The van der Waals surface area contributed by atoms with Gasteiger partial charge < -0.3 is 4.90 Å². The fourth-order valence-electron chi connectivity index (χ4n) is 2.19. The average molecular weight is 299 g/mol. The Hall–Kier alpha value is -2.56. The van der Waals surface area contributed by atoms with Crippen molar-refractivity contribution in [1.82, 2.24) is 4.90 Å². The zero-order valence-electron chi connectivity index (χ0n) is 11.3. The first-order valence-electron chi connectivity index (χ1n) is 6.25. The van der Waals surface area contributed by atoms with Gasteiger partial charge in [0, 0.05) is 11.5 Å². The maximum absolute atomic E-state index is 11.2. The molecule has 21 heavy (non-hydrogen) atoms. The number of hydrogen-bond donors (Lipinski definition) is 0. The summed E-state index contributed by atoms with van der Waals surface area (Å²) in [4.78, 5) is 23.7. The van der Waals surface area contributed by atoms with Crippen molar-refractivity contribution in [3.05, 3.63) is 57.9 Å². The zero-order valence-corrected chi connectivity index (χ0v) is 12.0. The molecule has 1 aromatic carbocycles. The predicted molar refractivity (Wildman–Crippen MR) is 78.2 cm³/mol. The number of benzene rings is 1. The van der Waals surface area contributed by atoms with Gasteiger partial charge in [0.15, 0.2) is 0 Å². The van der Waals surface area contributed by atoms with Gasteiger partial charge in [-0.05, 0) is 17.7 Å². The van der Waals surface area contributed by atoms with Crippen LogP contribution in [0.4, 0.5) is 0 Å². The SMILES string of the molecule is CC1C(=C=O)C=C(Cl)N(Cc2ccccc2C#N)C1=C=O. The van der Waals surface area contributed by atoms with Crippen LogP contribution in [0.1, 0.15) is 18.1 Å². The molecule has 1 aliphatic heterocycles. The molecule has 1 unspecified atom stereocenters. The Bertz CT molecular complexity index is 748. The molecular formula is C16H11ClN2O2. The molecule has 0 radical (unpaired) electrons. The summed E-state index contributed by atoms with van der Waals surface area (Å²) in [5.74, 6) is 3.19. The van der Waals surface area contributed by atoms with Crippen molar-refractivity contribution in [3.63, 3.8) is 0 Å². The number of nitriles is 1. The van der Waals surface area contributed by atoms with E-state index < -0.39 is 5.92 Å². The normalized spacial score (nSPS) is 17.7. The molecule has 1 atom stereocenters. The van der Waals surface area contributed by atoms with E-state index in [4.69, 9.17) is 16.9 Å². The van der Waals surface area contributed by atoms with Crippen LogP contribution in [0.3, 0.4) is 0 Å². The van der Waals surface area contributed by atoms with Gasteiger partial charge in [0.1, 0.15) is 22.7 Å². The molecule has 0 amide bonds. The van der Waals surface area contributed by atoms with Crippen LogP contribution in [0.15, 0.2) is 46.8 Å². The number of carbonyl (C=O) groups excluding carboxylic acids is 2. The number of halogens is 1. The van der Waals surface area contributed by atoms with E-state index in [1.807, 2.05) is 12.0 Å². The first kappa shape index (κ1) is 14.8. The monoisotopic (exact) mass is 298 g/mol. The van der Waals surface area contributed by atoms with Crippen LogP contribution in [-0.2, 0) is 16.1 Å². The lowest BCUT2D eigenvalue weighted by Crippen LogP contribution is -2.29. The largest absolute Gasteiger partial charge is 0.321 e. The van der Waals surface area contributed by atoms with Gasteiger partial charge in [0.2, 0.25) is 0 Å². The number of hydrogen-bond acceptors (Lipinski definition) is 4. The number of nitrogens with zero attached hydrogens (tertiary/aromatic N) is 2. The molecule has 0 saturated carbocycles. The second kappa shape index (κ2) is 6.26. The molecule has 104 valence electrons. The van der Waals surface area contributed by atoms with Crippen molar-refractivity contribution in [2.45, 2.75) is 13.5 Å². The predicted octanol–water partition coefficient (Wildman–Crippen LogP) is 2.56. The minimum atomic E-state index is -0.434. The first-order chi connectivity index (χ1) is 10.1. The Morgan fingerprint density at radius 3 is 2.62 bits per heavy atom. The van der Waals surface area contributed by atoms with E-state index in [9.17, 15) is 9.59 Å². The molecule has 0 fully saturated rings. The van der Waals surface area contributed by atoms with E-state index in [2.05, 4.69) is 6.07 Å². The highest BCUT2D eigenvalue weighted by molar-refractivity contribution is 6.29. The molecule has 1 aromatic rings. The van der Waals surface area contributed by atoms with Gasteiger partial charge in [0.05, 0.1) is 18.2 Å². The highest BCUT2D eigenvalue weighted by Crippen LogP contribution is 2.33. The number of allylic oxidation sites excluding steroid dienone is 2. The van der Waals surface area contributed by atoms with Gasteiger partial charge in [-0.3, -0.25) is 0 Å². The Balaban J connectivity index is 2.46. The maximum Gasteiger partial charge on any atom is 0.146 e. The Morgan fingerprint density at radius 2 is 2.00 bits per heavy atom. The molecule has 0 saturated heterocycles. The standard InChI is InChI=1S/C16H11ClN2O2/c1-11-14(9-20)6-16(17)19(15(11)10-21)8-13-5-3-2-4-12(13)7-18/h2-6,11H,8H2,1H3. The molecule has 2 rings (SSSR count). The molecule has 0 aromatic heterocycles. The van der Waals surface area contributed by atoms with Gasteiger partial charge >= 0.3 is 0 Å². The van der Waals surface area contributed by atoms with Crippen molar-refractivity contribution in [2.75, 3.05) is 0 Å². The van der Waals surface area contributed by atoms with E-state index in [1.165, 1.54) is 6.08 Å². The lowest BCUT2D eigenvalue weighted by molar-refractivity contribution is 0.393. The third-order valence-corrected chi connectivity index (χ3v) is 3.70. The summed E-state index contributed by atoms with van der Waals surface area (Å²) in [5, 5.41) is 9.35. The molecule has 1 heterocycles. The fraction of sp³-hybridized carbons (Fsp3) is 0.188. The lowest BCUT2D eigenvalue weighted by Gasteiger charge is -2.31. The minimum absolute atomic E-state index is 0.234. The minimum Gasteiger partial charge on any atom is -0.321 e. The highest BCUT2D eigenvalue weighted by Gasteiger charge is 2.29. The van der Waals surface area contributed by atoms with E-state index in [0.717, 1.165) is 5.56 Å². The lowest BCUT2D eigenvalue weighted by atomic mass is 9.94. The van der Waals surface area contributed by atoms with E-state index in [1.54, 1.807) is 36.0 Å². The Kier molecular flexibility index (Phi) is 4.42. The summed E-state index contributed by atoms with van der Waals surface area (Å²) in [6.45, 7) is 1.98. The average Bonchev–Trinajstić information content (AvgIpc) is 2.51. The smallest absolute Gasteiger partial charge is 0.146 e. The van der Waals surface area contributed by atoms with Crippen molar-refractivity contribution >= 4 is 23.5 Å². The molecule has 4 nitrogen and oxygen atoms in total. The van der Waals surface area contributed by atoms with Crippen LogP contribution in [0.2, 0.25) is 0 Å². The van der Waals surface area contributed by atoms with Gasteiger partial charge in [-0.15, -0.1) is 0 Å². The van der Waals surface area contributed by atoms with Crippen LogP contribution in [0, 0.1) is 17.2 Å². The Labute approximate surface area is 127 Å². The van der Waals surface area contributed by atoms with Crippen molar-refractivity contribution in [1.29, 1.82) is 5.26 Å².